The van der Waals surface area contributed by atoms with Gasteiger partial charge in [-0.1, -0.05) is 140 Å². The van der Waals surface area contributed by atoms with Gasteiger partial charge in [0.2, 0.25) is 0 Å². The van der Waals surface area contributed by atoms with Gasteiger partial charge in [0, 0.05) is 43.9 Å². The first-order chi connectivity index (χ1) is 26.8. The molecule has 0 amide bonds. The Morgan fingerprint density at radius 2 is 0.944 bits per heavy atom. The molecule has 11 aromatic rings. The molecular formula is C50H31N3O. The summed E-state index contributed by atoms with van der Waals surface area (Å²) in [5.41, 5.74) is 12.3. The maximum atomic E-state index is 6.29. The molecule has 0 N–H and O–H groups in total. The second-order valence-corrected chi connectivity index (χ2v) is 13.8. The maximum Gasteiger partial charge on any atom is 0.160 e. The highest BCUT2D eigenvalue weighted by Crippen LogP contribution is 2.40. The van der Waals surface area contributed by atoms with Crippen molar-refractivity contribution in [2.24, 2.45) is 0 Å². The Morgan fingerprint density at radius 1 is 0.352 bits per heavy atom. The molecule has 0 radical (unpaired) electrons. The summed E-state index contributed by atoms with van der Waals surface area (Å²) < 4.78 is 8.66. The van der Waals surface area contributed by atoms with Gasteiger partial charge in [0.15, 0.2) is 5.82 Å². The van der Waals surface area contributed by atoms with E-state index in [1.54, 1.807) is 0 Å². The molecule has 4 heteroatoms. The Bertz CT molecular complexity index is 3210. The molecule has 0 aliphatic heterocycles. The third-order valence-electron chi connectivity index (χ3n) is 10.6. The van der Waals surface area contributed by atoms with E-state index < -0.39 is 0 Å². The normalized spacial score (nSPS) is 11.7. The molecule has 0 fully saturated rings. The SMILES string of the molecule is c1ccc(-c2nc(-c3ccc4c(c3)oc3ccccc34)cc(-c3ccc(-c4ccc5c6ccccc6n(-c6ccccc6)c5c4)c4ccccc34)n2)cc1. The zero-order chi connectivity index (χ0) is 35.6. The summed E-state index contributed by atoms with van der Waals surface area (Å²) in [7, 11) is 0. The quantitative estimate of drug-likeness (QED) is 0.181. The minimum atomic E-state index is 0.681. The molecule has 0 saturated carbocycles. The van der Waals surface area contributed by atoms with Crippen molar-refractivity contribution in [1.29, 1.82) is 0 Å². The highest BCUT2D eigenvalue weighted by atomic mass is 16.3. The molecule has 0 bridgehead atoms. The summed E-state index contributed by atoms with van der Waals surface area (Å²) in [5.74, 6) is 0.681. The molecule has 0 saturated heterocycles. The van der Waals surface area contributed by atoms with Gasteiger partial charge in [0.1, 0.15) is 11.2 Å². The predicted molar refractivity (Wildman–Crippen MR) is 223 cm³/mol. The fraction of sp³-hybridized carbons (Fsp3) is 0. The number of fused-ring (bicyclic) bond motifs is 7. The molecule has 0 spiro atoms. The molecule has 11 rings (SSSR count). The molecule has 8 aromatic carbocycles. The molecule has 54 heavy (non-hydrogen) atoms. The van der Waals surface area contributed by atoms with Gasteiger partial charge >= 0.3 is 0 Å². The zero-order valence-electron chi connectivity index (χ0n) is 29.1. The highest BCUT2D eigenvalue weighted by molar-refractivity contribution is 6.12. The lowest BCUT2D eigenvalue weighted by Crippen LogP contribution is -1.97. The van der Waals surface area contributed by atoms with Crippen LogP contribution in [0.3, 0.4) is 0 Å². The van der Waals surface area contributed by atoms with Crippen LogP contribution < -0.4 is 0 Å². The summed E-state index contributed by atoms with van der Waals surface area (Å²) in [4.78, 5) is 10.4. The third-order valence-corrected chi connectivity index (χ3v) is 10.6. The van der Waals surface area contributed by atoms with Crippen molar-refractivity contribution in [3.63, 3.8) is 0 Å². The summed E-state index contributed by atoms with van der Waals surface area (Å²) in [6.07, 6.45) is 0. The van der Waals surface area contributed by atoms with Crippen LogP contribution in [0.1, 0.15) is 0 Å². The number of para-hydroxylation sites is 3. The van der Waals surface area contributed by atoms with E-state index in [0.29, 0.717) is 5.82 Å². The number of aromatic nitrogens is 3. The van der Waals surface area contributed by atoms with E-state index in [9.17, 15) is 0 Å². The molecule has 0 aliphatic carbocycles. The molecule has 0 unspecified atom stereocenters. The van der Waals surface area contributed by atoms with Crippen LogP contribution in [0.2, 0.25) is 0 Å². The van der Waals surface area contributed by atoms with Gasteiger partial charge in [0.05, 0.1) is 22.4 Å². The number of furan rings is 1. The third kappa shape index (κ3) is 4.85. The average molecular weight is 690 g/mol. The highest BCUT2D eigenvalue weighted by Gasteiger charge is 2.18. The van der Waals surface area contributed by atoms with E-state index in [0.717, 1.165) is 66.7 Å². The standard InChI is InChI=1S/C50H31N3O/c1-3-13-32(14-4-1)50-51-44(34-24-26-43-42-20-10-12-22-48(42)54-49(43)30-34)31-45(52-50)39-28-27-36(37-17-7-8-18-38(37)39)33-23-25-41-40-19-9-11-21-46(40)53(47(41)29-33)35-15-5-2-6-16-35/h1-31H. The lowest BCUT2D eigenvalue weighted by molar-refractivity contribution is 0.669. The number of nitrogens with zero attached hydrogens (tertiary/aromatic N) is 3. The van der Waals surface area contributed by atoms with Crippen LogP contribution in [0.25, 0.3) is 105 Å². The van der Waals surface area contributed by atoms with Crippen LogP contribution in [0.15, 0.2) is 192 Å². The van der Waals surface area contributed by atoms with Crippen molar-refractivity contribution in [2.75, 3.05) is 0 Å². The van der Waals surface area contributed by atoms with Crippen molar-refractivity contribution in [3.8, 4) is 50.7 Å². The van der Waals surface area contributed by atoms with E-state index in [1.807, 2.05) is 36.4 Å². The fourth-order valence-corrected chi connectivity index (χ4v) is 8.10. The molecule has 3 aromatic heterocycles. The Labute approximate surface area is 311 Å². The number of hydrogen-bond acceptors (Lipinski definition) is 3. The molecule has 4 nitrogen and oxygen atoms in total. The molecule has 3 heterocycles. The zero-order valence-corrected chi connectivity index (χ0v) is 29.1. The first-order valence-electron chi connectivity index (χ1n) is 18.2. The molecule has 252 valence electrons. The molecular weight excluding hydrogens is 659 g/mol. The van der Waals surface area contributed by atoms with Crippen molar-refractivity contribution < 1.29 is 4.42 Å². The van der Waals surface area contributed by atoms with Gasteiger partial charge in [-0.2, -0.15) is 0 Å². The van der Waals surface area contributed by atoms with Crippen LogP contribution >= 0.6 is 0 Å². The van der Waals surface area contributed by atoms with Gasteiger partial charge in [-0.15, -0.1) is 0 Å². The lowest BCUT2D eigenvalue weighted by atomic mass is 9.93. The lowest BCUT2D eigenvalue weighted by Gasteiger charge is -2.14. The molecule has 0 aliphatic rings. The maximum absolute atomic E-state index is 6.29. The van der Waals surface area contributed by atoms with Crippen LogP contribution in [0.5, 0.6) is 0 Å². The van der Waals surface area contributed by atoms with Gasteiger partial charge in [-0.3, -0.25) is 0 Å². The topological polar surface area (TPSA) is 43.9 Å². The largest absolute Gasteiger partial charge is 0.456 e. The monoisotopic (exact) mass is 689 g/mol. The number of rotatable bonds is 5. The van der Waals surface area contributed by atoms with Crippen molar-refractivity contribution in [2.45, 2.75) is 0 Å². The van der Waals surface area contributed by atoms with Gasteiger partial charge < -0.3 is 8.98 Å². The van der Waals surface area contributed by atoms with Crippen molar-refractivity contribution in [1.82, 2.24) is 14.5 Å². The Morgan fingerprint density at radius 3 is 1.78 bits per heavy atom. The summed E-state index contributed by atoms with van der Waals surface area (Å²) >= 11 is 0. The summed E-state index contributed by atoms with van der Waals surface area (Å²) in [6.45, 7) is 0. The van der Waals surface area contributed by atoms with E-state index in [4.69, 9.17) is 14.4 Å². The second-order valence-electron chi connectivity index (χ2n) is 13.8. The van der Waals surface area contributed by atoms with Gasteiger partial charge in [0.25, 0.3) is 0 Å². The minimum absolute atomic E-state index is 0.681. The molecule has 0 atom stereocenters. The number of benzene rings is 8. The second kappa shape index (κ2) is 12.1. The van der Waals surface area contributed by atoms with Crippen molar-refractivity contribution >= 4 is 54.5 Å². The van der Waals surface area contributed by atoms with Gasteiger partial charge in [-0.25, -0.2) is 9.97 Å². The van der Waals surface area contributed by atoms with Crippen LogP contribution in [0.4, 0.5) is 0 Å². The number of hydrogen-bond donors (Lipinski definition) is 0. The Balaban J connectivity index is 1.10. The van der Waals surface area contributed by atoms with Crippen LogP contribution in [0, 0.1) is 0 Å². The van der Waals surface area contributed by atoms with E-state index in [1.165, 1.54) is 32.8 Å². The summed E-state index contributed by atoms with van der Waals surface area (Å²) in [5, 5.41) is 6.99. The first-order valence-corrected chi connectivity index (χ1v) is 18.2. The average Bonchev–Trinajstić information content (AvgIpc) is 3.79. The van der Waals surface area contributed by atoms with Crippen LogP contribution in [-0.4, -0.2) is 14.5 Å². The fourth-order valence-electron chi connectivity index (χ4n) is 8.10. The smallest absolute Gasteiger partial charge is 0.160 e. The minimum Gasteiger partial charge on any atom is -0.456 e. The van der Waals surface area contributed by atoms with Gasteiger partial charge in [-0.05, 0) is 70.4 Å². The van der Waals surface area contributed by atoms with E-state index in [2.05, 4.69) is 156 Å². The summed E-state index contributed by atoms with van der Waals surface area (Å²) in [6, 6.07) is 66.2. The Kier molecular flexibility index (Phi) is 6.82. The predicted octanol–water partition coefficient (Wildman–Crippen LogP) is 13.3. The van der Waals surface area contributed by atoms with Crippen molar-refractivity contribution in [3.05, 3.63) is 188 Å². The van der Waals surface area contributed by atoms with E-state index >= 15 is 0 Å². The van der Waals surface area contributed by atoms with Crippen LogP contribution in [-0.2, 0) is 0 Å². The first kappa shape index (κ1) is 30.3. The van der Waals surface area contributed by atoms with E-state index in [-0.39, 0.29) is 0 Å². The Hall–Kier alpha value is -7.30.